The predicted octanol–water partition coefficient (Wildman–Crippen LogP) is 2.00. The molecular formula is C18H15F4N3O5. The van der Waals surface area contributed by atoms with Gasteiger partial charge in [-0.15, -0.1) is 0 Å². The highest BCUT2D eigenvalue weighted by molar-refractivity contribution is 5.89. The van der Waals surface area contributed by atoms with Gasteiger partial charge in [-0.05, 0) is 29.3 Å². The Morgan fingerprint density at radius 3 is 2.27 bits per heavy atom. The summed E-state index contributed by atoms with van der Waals surface area (Å²) in [6, 6.07) is 4.55. The Morgan fingerprint density at radius 2 is 1.77 bits per heavy atom. The molecule has 2 amide bonds. The molecule has 2 atom stereocenters. The normalized spacial score (nSPS) is 13.4. The molecular weight excluding hydrogens is 414 g/mol. The van der Waals surface area contributed by atoms with Gasteiger partial charge in [-0.2, -0.15) is 17.6 Å². The molecule has 0 bridgehead atoms. The number of primary amides is 1. The number of nitro groups is 1. The van der Waals surface area contributed by atoms with Gasteiger partial charge in [0, 0.05) is 12.5 Å². The smallest absolute Gasteiger partial charge is 0.378 e. The van der Waals surface area contributed by atoms with E-state index in [1.54, 1.807) is 0 Å². The summed E-state index contributed by atoms with van der Waals surface area (Å²) in [6.07, 6.45) is -6.85. The average molecular weight is 429 g/mol. The number of nitrogens with one attached hydrogen (secondary N) is 1. The number of nitrogens with zero attached hydrogens (tertiary/aromatic N) is 1. The zero-order chi connectivity index (χ0) is 22.6. The first-order chi connectivity index (χ1) is 13.9. The van der Waals surface area contributed by atoms with Gasteiger partial charge in [-0.3, -0.25) is 19.7 Å². The minimum Gasteiger partial charge on any atom is -0.378 e. The second kappa shape index (κ2) is 8.86. The van der Waals surface area contributed by atoms with Crippen molar-refractivity contribution in [3.05, 3.63) is 75.1 Å². The number of halogens is 4. The Labute approximate surface area is 166 Å². The number of alkyl halides is 3. The molecule has 30 heavy (non-hydrogen) atoms. The topological polar surface area (TPSA) is 136 Å². The highest BCUT2D eigenvalue weighted by atomic mass is 19.4. The fraction of sp³-hybridized carbons (Fsp3) is 0.222. The van der Waals surface area contributed by atoms with Crippen molar-refractivity contribution in [2.45, 2.75) is 24.7 Å². The number of aliphatic hydroxyl groups is 1. The molecule has 0 unspecified atom stereocenters. The Balaban J connectivity index is 2.14. The fourth-order valence-electron chi connectivity index (χ4n) is 2.54. The summed E-state index contributed by atoms with van der Waals surface area (Å²) in [5, 5.41) is 23.0. The maximum Gasteiger partial charge on any atom is 0.416 e. The zero-order valence-electron chi connectivity index (χ0n) is 15.0. The summed E-state index contributed by atoms with van der Waals surface area (Å²) in [6.45, 7) is 0. The first-order valence-electron chi connectivity index (χ1n) is 8.28. The van der Waals surface area contributed by atoms with Crippen molar-refractivity contribution in [3.8, 4) is 0 Å². The number of amides is 2. The van der Waals surface area contributed by atoms with E-state index in [2.05, 4.69) is 5.32 Å². The molecule has 0 heterocycles. The Morgan fingerprint density at radius 1 is 1.17 bits per heavy atom. The van der Waals surface area contributed by atoms with Gasteiger partial charge in [0.05, 0.1) is 10.5 Å². The van der Waals surface area contributed by atoms with Crippen LogP contribution in [0.2, 0.25) is 0 Å². The van der Waals surface area contributed by atoms with Crippen LogP contribution in [0, 0.1) is 15.9 Å². The third kappa shape index (κ3) is 5.50. The molecule has 0 aromatic heterocycles. The van der Waals surface area contributed by atoms with Crippen molar-refractivity contribution in [2.75, 3.05) is 0 Å². The van der Waals surface area contributed by atoms with E-state index >= 15 is 0 Å². The lowest BCUT2D eigenvalue weighted by molar-refractivity contribution is -0.387. The molecule has 0 spiro atoms. The molecule has 2 aromatic rings. The molecule has 2 aromatic carbocycles. The van der Waals surface area contributed by atoms with Gasteiger partial charge in [0.15, 0.2) is 6.10 Å². The molecule has 2 rings (SSSR count). The number of carbonyl (C=O) groups is 2. The Kier molecular flexibility index (Phi) is 6.72. The lowest BCUT2D eigenvalue weighted by atomic mass is 10.0. The molecule has 0 fully saturated rings. The molecule has 0 saturated heterocycles. The zero-order valence-corrected chi connectivity index (χ0v) is 15.0. The van der Waals surface area contributed by atoms with Crippen molar-refractivity contribution in [3.63, 3.8) is 0 Å². The second-order valence-corrected chi connectivity index (χ2v) is 6.23. The van der Waals surface area contributed by atoms with Crippen molar-refractivity contribution < 1.29 is 37.2 Å². The van der Waals surface area contributed by atoms with Crippen molar-refractivity contribution in [1.82, 2.24) is 5.32 Å². The highest BCUT2D eigenvalue weighted by Gasteiger charge is 2.31. The van der Waals surface area contributed by atoms with Crippen LogP contribution < -0.4 is 11.1 Å². The minimum atomic E-state index is -4.60. The number of nitrogens with two attached hydrogens (primary N) is 1. The molecule has 0 radical (unpaired) electrons. The Hall–Kier alpha value is -3.54. The summed E-state index contributed by atoms with van der Waals surface area (Å²) >= 11 is 0. The first-order valence-corrected chi connectivity index (χ1v) is 8.28. The van der Waals surface area contributed by atoms with E-state index in [-0.39, 0.29) is 17.5 Å². The third-order valence-electron chi connectivity index (χ3n) is 4.11. The van der Waals surface area contributed by atoms with Crippen LogP contribution in [0.15, 0.2) is 42.5 Å². The minimum absolute atomic E-state index is 0.108. The first kappa shape index (κ1) is 22.7. The fourth-order valence-corrected chi connectivity index (χ4v) is 2.54. The largest absolute Gasteiger partial charge is 0.416 e. The van der Waals surface area contributed by atoms with E-state index in [1.807, 2.05) is 0 Å². The van der Waals surface area contributed by atoms with Gasteiger partial charge in [-0.25, -0.2) is 0 Å². The van der Waals surface area contributed by atoms with E-state index in [9.17, 15) is 42.4 Å². The van der Waals surface area contributed by atoms with Crippen molar-refractivity contribution >= 4 is 17.5 Å². The number of carbonyl (C=O) groups excluding carboxylic acids is 2. The molecule has 12 heteroatoms. The predicted molar refractivity (Wildman–Crippen MR) is 94.3 cm³/mol. The lowest BCUT2D eigenvalue weighted by Crippen LogP contribution is -2.47. The highest BCUT2D eigenvalue weighted by Crippen LogP contribution is 2.30. The van der Waals surface area contributed by atoms with E-state index in [1.165, 1.54) is 0 Å². The molecule has 0 aliphatic heterocycles. The number of aliphatic hydroxyl groups excluding tert-OH is 1. The van der Waals surface area contributed by atoms with E-state index in [0.717, 1.165) is 30.3 Å². The van der Waals surface area contributed by atoms with Gasteiger partial charge in [-0.1, -0.05) is 18.2 Å². The molecule has 4 N–H and O–H groups in total. The van der Waals surface area contributed by atoms with Gasteiger partial charge in [0.1, 0.15) is 6.04 Å². The summed E-state index contributed by atoms with van der Waals surface area (Å²) in [5.74, 6) is -3.27. The third-order valence-corrected chi connectivity index (χ3v) is 4.11. The molecule has 0 saturated carbocycles. The number of benzene rings is 2. The van der Waals surface area contributed by atoms with Crippen LogP contribution >= 0.6 is 0 Å². The van der Waals surface area contributed by atoms with Crippen LogP contribution in [0.4, 0.5) is 23.2 Å². The van der Waals surface area contributed by atoms with Gasteiger partial charge in [0.2, 0.25) is 11.7 Å². The lowest BCUT2D eigenvalue weighted by Gasteiger charge is -2.18. The molecule has 0 aliphatic rings. The monoisotopic (exact) mass is 429 g/mol. The van der Waals surface area contributed by atoms with Crippen LogP contribution in [0.25, 0.3) is 0 Å². The van der Waals surface area contributed by atoms with E-state index in [4.69, 9.17) is 5.73 Å². The van der Waals surface area contributed by atoms with Crippen LogP contribution in [-0.2, 0) is 22.2 Å². The second-order valence-electron chi connectivity index (χ2n) is 6.23. The van der Waals surface area contributed by atoms with Gasteiger partial charge in [0.25, 0.3) is 5.91 Å². The SMILES string of the molecule is NC(=O)[C@H](Cc1ccc(F)c([N+](=O)[O-])c1)NC(=O)[C@H](O)c1ccc(C(F)(F)F)cc1. The van der Waals surface area contributed by atoms with Crippen molar-refractivity contribution in [2.24, 2.45) is 5.73 Å². The Bertz CT molecular complexity index is 963. The van der Waals surface area contributed by atoms with Crippen LogP contribution in [0.5, 0.6) is 0 Å². The average Bonchev–Trinajstić information content (AvgIpc) is 2.67. The van der Waals surface area contributed by atoms with Gasteiger partial charge >= 0.3 is 11.9 Å². The number of nitro benzene ring substituents is 1. The number of hydrogen-bond acceptors (Lipinski definition) is 5. The molecule has 8 nitrogen and oxygen atoms in total. The standard InChI is InChI=1S/C18H15F4N3O5/c19-12-6-1-9(8-14(12)25(29)30)7-13(16(23)27)24-17(28)15(26)10-2-4-11(5-3-10)18(20,21)22/h1-6,8,13,15,26H,7H2,(H2,23,27)(H,24,28)/t13-,15+/m0/s1. The van der Waals surface area contributed by atoms with Crippen LogP contribution in [0.3, 0.4) is 0 Å². The summed E-state index contributed by atoms with van der Waals surface area (Å²) in [4.78, 5) is 33.7. The molecule has 0 aliphatic carbocycles. The summed E-state index contributed by atoms with van der Waals surface area (Å²) in [5.41, 5.74) is 3.32. The summed E-state index contributed by atoms with van der Waals surface area (Å²) < 4.78 is 51.2. The number of rotatable bonds is 7. The van der Waals surface area contributed by atoms with E-state index in [0.29, 0.717) is 12.1 Å². The maximum absolute atomic E-state index is 13.4. The van der Waals surface area contributed by atoms with Gasteiger partial charge < -0.3 is 16.2 Å². The van der Waals surface area contributed by atoms with Crippen LogP contribution in [-0.4, -0.2) is 27.9 Å². The summed E-state index contributed by atoms with van der Waals surface area (Å²) in [7, 11) is 0. The quantitative estimate of drug-likeness (QED) is 0.351. The van der Waals surface area contributed by atoms with E-state index < -0.39 is 52.1 Å². The van der Waals surface area contributed by atoms with Crippen LogP contribution in [0.1, 0.15) is 22.8 Å². The molecule has 160 valence electrons. The van der Waals surface area contributed by atoms with Crippen molar-refractivity contribution in [1.29, 1.82) is 0 Å². The maximum atomic E-state index is 13.4. The number of hydrogen-bond donors (Lipinski definition) is 3.